The molecule has 6 nitrogen and oxygen atoms in total. The van der Waals surface area contributed by atoms with Crippen LogP contribution in [0.2, 0.25) is 0 Å². The Hall–Kier alpha value is -2.86. The number of benzene rings is 2. The average molecular weight is 381 g/mol. The Balaban J connectivity index is 1.46. The van der Waals surface area contributed by atoms with Gasteiger partial charge in [0.05, 0.1) is 6.61 Å². The van der Waals surface area contributed by atoms with E-state index in [2.05, 4.69) is 10.6 Å². The van der Waals surface area contributed by atoms with Crippen molar-refractivity contribution in [3.8, 4) is 0 Å². The minimum Gasteiger partial charge on any atom is -0.377 e. The summed E-state index contributed by atoms with van der Waals surface area (Å²) in [7, 11) is 0. The molecule has 0 atom stereocenters. The highest BCUT2D eigenvalue weighted by Gasteiger charge is 2.19. The standard InChI is InChI=1S/C22H27N3O3/c1-2-28-16-18-7-5-17(6-8-18)15-23-22(27)24-20-11-9-19(10-12-20)21(26)25-13-3-4-14-25/h5-12H,2-4,13-16H2,1H3,(H2,23,24,27). The molecule has 6 heteroatoms. The molecule has 148 valence electrons. The third kappa shape index (κ3) is 5.57. The van der Waals surface area contributed by atoms with Crippen LogP contribution in [0.1, 0.15) is 41.3 Å². The first kappa shape index (κ1) is 19.9. The van der Waals surface area contributed by atoms with E-state index < -0.39 is 0 Å². The highest BCUT2D eigenvalue weighted by atomic mass is 16.5. The molecule has 1 heterocycles. The lowest BCUT2D eigenvalue weighted by molar-refractivity contribution is 0.0793. The largest absolute Gasteiger partial charge is 0.377 e. The second-order valence-corrected chi connectivity index (χ2v) is 6.84. The van der Waals surface area contributed by atoms with Crippen molar-refractivity contribution in [1.29, 1.82) is 0 Å². The van der Waals surface area contributed by atoms with Gasteiger partial charge in [0.2, 0.25) is 0 Å². The highest BCUT2D eigenvalue weighted by Crippen LogP contribution is 2.15. The number of rotatable bonds is 7. The number of hydrogen-bond acceptors (Lipinski definition) is 3. The molecule has 0 unspecified atom stereocenters. The van der Waals surface area contributed by atoms with Gasteiger partial charge in [-0.2, -0.15) is 0 Å². The van der Waals surface area contributed by atoms with Crippen molar-refractivity contribution in [2.24, 2.45) is 0 Å². The Morgan fingerprint density at radius 1 is 0.964 bits per heavy atom. The zero-order valence-corrected chi connectivity index (χ0v) is 16.2. The van der Waals surface area contributed by atoms with Crippen LogP contribution in [0.15, 0.2) is 48.5 Å². The number of nitrogens with zero attached hydrogens (tertiary/aromatic N) is 1. The Kier molecular flexibility index (Phi) is 7.03. The van der Waals surface area contributed by atoms with Gasteiger partial charge in [0.1, 0.15) is 0 Å². The predicted molar refractivity (Wildman–Crippen MR) is 109 cm³/mol. The number of hydrogen-bond donors (Lipinski definition) is 2. The van der Waals surface area contributed by atoms with E-state index in [-0.39, 0.29) is 11.9 Å². The Bertz CT molecular complexity index is 782. The van der Waals surface area contributed by atoms with Crippen molar-refractivity contribution in [2.75, 3.05) is 25.0 Å². The zero-order valence-electron chi connectivity index (χ0n) is 16.2. The van der Waals surface area contributed by atoms with E-state index in [0.717, 1.165) is 37.1 Å². The maximum Gasteiger partial charge on any atom is 0.319 e. The molecule has 0 radical (unpaired) electrons. The van der Waals surface area contributed by atoms with Crippen LogP contribution in [0.3, 0.4) is 0 Å². The summed E-state index contributed by atoms with van der Waals surface area (Å²) in [5.74, 6) is 0.0567. The number of ether oxygens (including phenoxy) is 1. The van der Waals surface area contributed by atoms with E-state index in [9.17, 15) is 9.59 Å². The van der Waals surface area contributed by atoms with Gasteiger partial charge >= 0.3 is 6.03 Å². The van der Waals surface area contributed by atoms with Crippen LogP contribution in [0.25, 0.3) is 0 Å². The summed E-state index contributed by atoms with van der Waals surface area (Å²) in [6.45, 7) is 5.35. The van der Waals surface area contributed by atoms with Crippen LogP contribution < -0.4 is 10.6 Å². The molecule has 1 fully saturated rings. The van der Waals surface area contributed by atoms with E-state index >= 15 is 0 Å². The molecule has 1 saturated heterocycles. The molecule has 2 N–H and O–H groups in total. The summed E-state index contributed by atoms with van der Waals surface area (Å²) in [4.78, 5) is 26.3. The number of likely N-dealkylation sites (tertiary alicyclic amines) is 1. The minimum absolute atomic E-state index is 0.0567. The third-order valence-corrected chi connectivity index (χ3v) is 4.73. The highest BCUT2D eigenvalue weighted by molar-refractivity contribution is 5.95. The first-order valence-corrected chi connectivity index (χ1v) is 9.75. The molecular formula is C22H27N3O3. The third-order valence-electron chi connectivity index (χ3n) is 4.73. The number of nitrogens with one attached hydrogen (secondary N) is 2. The SMILES string of the molecule is CCOCc1ccc(CNC(=O)Nc2ccc(C(=O)N3CCCC3)cc2)cc1. The van der Waals surface area contributed by atoms with E-state index in [1.54, 1.807) is 24.3 Å². The Morgan fingerprint density at radius 3 is 2.25 bits per heavy atom. The van der Waals surface area contributed by atoms with Gasteiger partial charge in [0.25, 0.3) is 5.91 Å². The molecule has 3 rings (SSSR count). The molecule has 0 bridgehead atoms. The van der Waals surface area contributed by atoms with Crippen LogP contribution in [0, 0.1) is 0 Å². The summed E-state index contributed by atoms with van der Waals surface area (Å²) >= 11 is 0. The van der Waals surface area contributed by atoms with Gasteiger partial charge in [-0.05, 0) is 55.2 Å². The monoisotopic (exact) mass is 381 g/mol. The lowest BCUT2D eigenvalue weighted by Gasteiger charge is -2.15. The van der Waals surface area contributed by atoms with Crippen LogP contribution >= 0.6 is 0 Å². The number of urea groups is 1. The lowest BCUT2D eigenvalue weighted by Crippen LogP contribution is -2.28. The fraction of sp³-hybridized carbons (Fsp3) is 0.364. The predicted octanol–water partition coefficient (Wildman–Crippen LogP) is 3.78. The summed E-state index contributed by atoms with van der Waals surface area (Å²) in [5.41, 5.74) is 3.43. The van der Waals surface area contributed by atoms with Crippen molar-refractivity contribution in [3.05, 3.63) is 65.2 Å². The van der Waals surface area contributed by atoms with Crippen LogP contribution in [-0.2, 0) is 17.9 Å². The summed E-state index contributed by atoms with van der Waals surface area (Å²) < 4.78 is 5.37. The van der Waals surface area contributed by atoms with Crippen molar-refractivity contribution >= 4 is 17.6 Å². The van der Waals surface area contributed by atoms with Gasteiger partial charge < -0.3 is 20.3 Å². The zero-order chi connectivity index (χ0) is 19.8. The van der Waals surface area contributed by atoms with Gasteiger partial charge in [-0.1, -0.05) is 24.3 Å². The van der Waals surface area contributed by atoms with E-state index in [1.165, 1.54) is 0 Å². The second kappa shape index (κ2) is 9.90. The normalized spacial score (nSPS) is 13.4. The molecule has 1 aliphatic heterocycles. The summed E-state index contributed by atoms with van der Waals surface area (Å²) in [5, 5.41) is 5.63. The van der Waals surface area contributed by atoms with E-state index in [0.29, 0.717) is 31.0 Å². The van der Waals surface area contributed by atoms with Crippen molar-refractivity contribution in [1.82, 2.24) is 10.2 Å². The average Bonchev–Trinajstić information content (AvgIpc) is 3.26. The van der Waals surface area contributed by atoms with Gasteiger partial charge in [0, 0.05) is 37.5 Å². The van der Waals surface area contributed by atoms with E-state index in [1.807, 2.05) is 36.1 Å². The molecule has 0 spiro atoms. The Morgan fingerprint density at radius 2 is 1.61 bits per heavy atom. The van der Waals surface area contributed by atoms with Crippen molar-refractivity contribution in [2.45, 2.75) is 32.9 Å². The van der Waals surface area contributed by atoms with Gasteiger partial charge in [-0.3, -0.25) is 4.79 Å². The number of carbonyl (C=O) groups excluding carboxylic acids is 2. The molecule has 28 heavy (non-hydrogen) atoms. The number of carbonyl (C=O) groups is 2. The second-order valence-electron chi connectivity index (χ2n) is 6.84. The molecule has 0 aromatic heterocycles. The molecular weight excluding hydrogens is 354 g/mol. The molecule has 3 amide bonds. The summed E-state index contributed by atoms with van der Waals surface area (Å²) in [6, 6.07) is 14.7. The van der Waals surface area contributed by atoms with Crippen LogP contribution in [0.4, 0.5) is 10.5 Å². The first-order valence-electron chi connectivity index (χ1n) is 9.75. The fourth-order valence-electron chi connectivity index (χ4n) is 3.13. The molecule has 2 aromatic carbocycles. The summed E-state index contributed by atoms with van der Waals surface area (Å²) in [6.07, 6.45) is 2.14. The van der Waals surface area contributed by atoms with Crippen LogP contribution in [0.5, 0.6) is 0 Å². The molecule has 1 aliphatic rings. The van der Waals surface area contributed by atoms with Crippen molar-refractivity contribution in [3.63, 3.8) is 0 Å². The molecule has 0 aliphatic carbocycles. The van der Waals surface area contributed by atoms with E-state index in [4.69, 9.17) is 4.74 Å². The van der Waals surface area contributed by atoms with Gasteiger partial charge in [0.15, 0.2) is 0 Å². The Labute approximate surface area is 165 Å². The van der Waals surface area contributed by atoms with Crippen molar-refractivity contribution < 1.29 is 14.3 Å². The van der Waals surface area contributed by atoms with Gasteiger partial charge in [-0.25, -0.2) is 4.79 Å². The van der Waals surface area contributed by atoms with Crippen LogP contribution in [-0.4, -0.2) is 36.5 Å². The topological polar surface area (TPSA) is 70.7 Å². The first-order chi connectivity index (χ1) is 13.7. The minimum atomic E-state index is -0.281. The molecule has 2 aromatic rings. The number of anilines is 1. The fourth-order valence-corrected chi connectivity index (χ4v) is 3.13. The van der Waals surface area contributed by atoms with Gasteiger partial charge in [-0.15, -0.1) is 0 Å². The quantitative estimate of drug-likeness (QED) is 0.767. The maximum atomic E-state index is 12.3. The maximum absolute atomic E-state index is 12.3. The number of amides is 3. The smallest absolute Gasteiger partial charge is 0.319 e. The lowest BCUT2D eigenvalue weighted by atomic mass is 10.1. The molecule has 0 saturated carbocycles.